The molecule has 0 amide bonds. The number of rotatable bonds is 6. The van der Waals surface area contributed by atoms with Crippen molar-refractivity contribution in [2.75, 3.05) is 27.3 Å². The number of hydrogen-bond donors (Lipinski definition) is 1. The van der Waals surface area contributed by atoms with Gasteiger partial charge in [0.25, 0.3) is 0 Å². The average molecular weight is 395 g/mol. The van der Waals surface area contributed by atoms with Gasteiger partial charge in [-0.2, -0.15) is 0 Å². The second-order valence-corrected chi connectivity index (χ2v) is 8.13. The molecule has 1 N–H and O–H groups in total. The lowest BCUT2D eigenvalue weighted by atomic mass is 9.82. The van der Waals surface area contributed by atoms with E-state index in [0.29, 0.717) is 23.5 Å². The number of carbonyl (C=O) groups excluding carboxylic acids is 1. The number of piperidine rings is 1. The van der Waals surface area contributed by atoms with Crippen LogP contribution < -0.4 is 9.47 Å². The first kappa shape index (κ1) is 19.9. The van der Waals surface area contributed by atoms with Gasteiger partial charge in [0.15, 0.2) is 17.3 Å². The number of aliphatic hydroxyl groups is 1. The summed E-state index contributed by atoms with van der Waals surface area (Å²) in [6.07, 6.45) is 1.80. The topological polar surface area (TPSA) is 59.0 Å². The molecule has 1 heterocycles. The molecule has 5 heteroatoms. The summed E-state index contributed by atoms with van der Waals surface area (Å²) in [7, 11) is 3.16. The molecule has 1 saturated heterocycles. The normalized spacial score (nSPS) is 21.1. The van der Waals surface area contributed by atoms with E-state index in [9.17, 15) is 9.90 Å². The number of methoxy groups -OCH3 is 2. The van der Waals surface area contributed by atoms with E-state index in [1.54, 1.807) is 20.3 Å². The molecule has 2 aliphatic rings. The van der Waals surface area contributed by atoms with E-state index in [-0.39, 0.29) is 17.6 Å². The van der Waals surface area contributed by atoms with E-state index in [1.807, 2.05) is 12.1 Å². The number of likely N-dealkylation sites (tertiary alicyclic amines) is 1. The van der Waals surface area contributed by atoms with Crippen molar-refractivity contribution in [3.8, 4) is 11.5 Å². The lowest BCUT2D eigenvalue weighted by molar-refractivity contribution is 0.0202. The Hall–Kier alpha value is -2.37. The highest BCUT2D eigenvalue weighted by Gasteiger charge is 2.40. The molecule has 154 valence electrons. The highest BCUT2D eigenvalue weighted by Crippen LogP contribution is 2.39. The van der Waals surface area contributed by atoms with Crippen LogP contribution in [0.2, 0.25) is 0 Å². The minimum atomic E-state index is -0.606. The fourth-order valence-corrected chi connectivity index (χ4v) is 4.75. The summed E-state index contributed by atoms with van der Waals surface area (Å²) in [6, 6.07) is 14.1. The SMILES string of the molecule is COc1cc2c(cc1OC)C(=O)[C@H](C(O)C1CCN(Cc3ccccc3)CC1)C2. The monoisotopic (exact) mass is 395 g/mol. The quantitative estimate of drug-likeness (QED) is 0.813. The predicted molar refractivity (Wildman–Crippen MR) is 112 cm³/mol. The van der Waals surface area contributed by atoms with Gasteiger partial charge in [0, 0.05) is 12.1 Å². The summed E-state index contributed by atoms with van der Waals surface area (Å²) in [5.74, 6) is 1.01. The predicted octanol–water partition coefficient (Wildman–Crippen LogP) is 3.33. The first-order valence-corrected chi connectivity index (χ1v) is 10.3. The first-order valence-electron chi connectivity index (χ1n) is 10.3. The average Bonchev–Trinajstić information content (AvgIpc) is 3.09. The van der Waals surface area contributed by atoms with Crippen LogP contribution in [-0.4, -0.2) is 49.2 Å². The van der Waals surface area contributed by atoms with Crippen LogP contribution >= 0.6 is 0 Å². The molecule has 2 atom stereocenters. The number of Topliss-reactive ketones (excluding diaryl/α,β-unsaturated/α-hetero) is 1. The maximum atomic E-state index is 13.0. The zero-order valence-electron chi connectivity index (χ0n) is 17.1. The van der Waals surface area contributed by atoms with Gasteiger partial charge in [-0.3, -0.25) is 9.69 Å². The number of fused-ring (bicyclic) bond motifs is 1. The lowest BCUT2D eigenvalue weighted by Crippen LogP contribution is -2.41. The molecule has 2 aromatic carbocycles. The summed E-state index contributed by atoms with van der Waals surface area (Å²) < 4.78 is 10.7. The summed E-state index contributed by atoms with van der Waals surface area (Å²) in [5.41, 5.74) is 2.92. The standard InChI is InChI=1S/C24H29NO4/c1-28-21-13-18-12-20(24(27)19(18)14-22(21)29-2)23(26)17-8-10-25(11-9-17)15-16-6-4-3-5-7-16/h3-7,13-14,17,20,23,26H,8-12,15H2,1-2H3/t20-,23?/m0/s1. The molecule has 4 rings (SSSR count). The summed E-state index contributed by atoms with van der Waals surface area (Å²) in [5, 5.41) is 11.0. The molecule has 0 spiro atoms. The Balaban J connectivity index is 1.39. The van der Waals surface area contributed by atoms with Gasteiger partial charge in [-0.15, -0.1) is 0 Å². The smallest absolute Gasteiger partial charge is 0.169 e. The van der Waals surface area contributed by atoms with Gasteiger partial charge in [-0.25, -0.2) is 0 Å². The Morgan fingerprint density at radius 3 is 2.38 bits per heavy atom. The lowest BCUT2D eigenvalue weighted by Gasteiger charge is -2.35. The Morgan fingerprint density at radius 2 is 1.72 bits per heavy atom. The van der Waals surface area contributed by atoms with Crippen molar-refractivity contribution in [3.05, 3.63) is 59.2 Å². The van der Waals surface area contributed by atoms with Gasteiger partial charge in [-0.05, 0) is 61.5 Å². The fraction of sp³-hybridized carbons (Fsp3) is 0.458. The molecule has 0 saturated carbocycles. The third-order valence-electron chi connectivity index (χ3n) is 6.43. The van der Waals surface area contributed by atoms with Crippen LogP contribution in [0.5, 0.6) is 11.5 Å². The zero-order valence-corrected chi connectivity index (χ0v) is 17.1. The number of ether oxygens (including phenoxy) is 2. The number of ketones is 1. The van der Waals surface area contributed by atoms with E-state index >= 15 is 0 Å². The van der Waals surface area contributed by atoms with Crippen molar-refractivity contribution >= 4 is 5.78 Å². The molecule has 29 heavy (non-hydrogen) atoms. The van der Waals surface area contributed by atoms with Crippen molar-refractivity contribution < 1.29 is 19.4 Å². The van der Waals surface area contributed by atoms with E-state index in [0.717, 1.165) is 38.0 Å². The summed E-state index contributed by atoms with van der Waals surface area (Å²) in [6.45, 7) is 2.84. The Labute approximate surface area is 172 Å². The van der Waals surface area contributed by atoms with Gasteiger partial charge < -0.3 is 14.6 Å². The zero-order chi connectivity index (χ0) is 20.4. The second-order valence-electron chi connectivity index (χ2n) is 8.13. The molecule has 0 aromatic heterocycles. The summed E-state index contributed by atoms with van der Waals surface area (Å²) >= 11 is 0. The number of hydrogen-bond acceptors (Lipinski definition) is 5. The Morgan fingerprint density at radius 1 is 1.07 bits per heavy atom. The maximum Gasteiger partial charge on any atom is 0.169 e. The maximum absolute atomic E-state index is 13.0. The minimum Gasteiger partial charge on any atom is -0.493 e. The van der Waals surface area contributed by atoms with Crippen LogP contribution in [-0.2, 0) is 13.0 Å². The van der Waals surface area contributed by atoms with Crippen LogP contribution in [0.4, 0.5) is 0 Å². The molecule has 2 aromatic rings. The number of carbonyl (C=O) groups is 1. The number of aliphatic hydroxyl groups excluding tert-OH is 1. The van der Waals surface area contributed by atoms with Crippen molar-refractivity contribution in [1.29, 1.82) is 0 Å². The second kappa shape index (κ2) is 8.56. The molecular formula is C24H29NO4. The highest BCUT2D eigenvalue weighted by molar-refractivity contribution is 6.03. The Kier molecular flexibility index (Phi) is 5.88. The van der Waals surface area contributed by atoms with Gasteiger partial charge in [0.1, 0.15) is 0 Å². The van der Waals surface area contributed by atoms with E-state index in [4.69, 9.17) is 9.47 Å². The number of nitrogens with zero attached hydrogens (tertiary/aromatic N) is 1. The van der Waals surface area contributed by atoms with Crippen LogP contribution in [0, 0.1) is 11.8 Å². The van der Waals surface area contributed by atoms with Gasteiger partial charge in [0.2, 0.25) is 0 Å². The van der Waals surface area contributed by atoms with Crippen LogP contribution in [0.3, 0.4) is 0 Å². The van der Waals surface area contributed by atoms with E-state index < -0.39 is 6.10 Å². The first-order chi connectivity index (χ1) is 14.1. The third-order valence-corrected chi connectivity index (χ3v) is 6.43. The van der Waals surface area contributed by atoms with Crippen LogP contribution in [0.15, 0.2) is 42.5 Å². The van der Waals surface area contributed by atoms with E-state index in [2.05, 4.69) is 29.2 Å². The van der Waals surface area contributed by atoms with E-state index in [1.165, 1.54) is 5.56 Å². The molecule has 1 aliphatic carbocycles. The highest BCUT2D eigenvalue weighted by atomic mass is 16.5. The van der Waals surface area contributed by atoms with Gasteiger partial charge in [-0.1, -0.05) is 30.3 Å². The molecule has 1 fully saturated rings. The molecule has 1 unspecified atom stereocenters. The minimum absolute atomic E-state index is 0.0279. The molecular weight excluding hydrogens is 366 g/mol. The van der Waals surface area contributed by atoms with Gasteiger partial charge >= 0.3 is 0 Å². The fourth-order valence-electron chi connectivity index (χ4n) is 4.75. The molecule has 0 radical (unpaired) electrons. The van der Waals surface area contributed by atoms with Crippen LogP contribution in [0.25, 0.3) is 0 Å². The van der Waals surface area contributed by atoms with Crippen molar-refractivity contribution in [3.63, 3.8) is 0 Å². The molecule has 5 nitrogen and oxygen atoms in total. The Bertz CT molecular complexity index is 859. The third kappa shape index (κ3) is 4.02. The van der Waals surface area contributed by atoms with Crippen LogP contribution in [0.1, 0.15) is 34.3 Å². The number of benzene rings is 2. The molecule has 1 aliphatic heterocycles. The summed E-state index contributed by atoms with van der Waals surface area (Å²) in [4.78, 5) is 15.4. The molecule has 0 bridgehead atoms. The van der Waals surface area contributed by atoms with Crippen molar-refractivity contribution in [1.82, 2.24) is 4.90 Å². The van der Waals surface area contributed by atoms with Gasteiger partial charge in [0.05, 0.1) is 26.2 Å². The van der Waals surface area contributed by atoms with Crippen molar-refractivity contribution in [2.24, 2.45) is 11.8 Å². The van der Waals surface area contributed by atoms with Crippen molar-refractivity contribution in [2.45, 2.75) is 31.9 Å². The largest absolute Gasteiger partial charge is 0.493 e.